The normalized spacial score (nSPS) is 10.9. The highest BCUT2D eigenvalue weighted by Gasteiger charge is 2.38. The number of anilines is 4. The third kappa shape index (κ3) is 7.35. The van der Waals surface area contributed by atoms with E-state index < -0.39 is 18.0 Å². The van der Waals surface area contributed by atoms with Crippen molar-refractivity contribution in [2.75, 3.05) is 10.6 Å². The molecule has 0 fully saturated rings. The second kappa shape index (κ2) is 12.8. The maximum Gasteiger partial charge on any atom is 0.490 e. The highest BCUT2D eigenvalue weighted by atomic mass is 19.4. The van der Waals surface area contributed by atoms with Gasteiger partial charge in [-0.1, -0.05) is 18.2 Å². The van der Waals surface area contributed by atoms with E-state index in [2.05, 4.69) is 40.8 Å². The molecule has 12 nitrogen and oxygen atoms in total. The fraction of sp³-hybridized carbons (Fsp3) is 0.0357. The molecule has 3 N–H and O–H groups in total. The molecule has 4 heterocycles. The van der Waals surface area contributed by atoms with Gasteiger partial charge in [-0.3, -0.25) is 4.98 Å². The van der Waals surface area contributed by atoms with Crippen molar-refractivity contribution in [2.45, 2.75) is 6.18 Å². The molecular formula is C28H20F4N10O2. The smallest absolute Gasteiger partial charge is 0.475 e. The quantitative estimate of drug-likeness (QED) is 0.198. The van der Waals surface area contributed by atoms with E-state index in [1.54, 1.807) is 29.5 Å². The number of para-hydroxylation sites is 1. The first-order valence-corrected chi connectivity index (χ1v) is 12.5. The topological polar surface area (TPSA) is 149 Å². The van der Waals surface area contributed by atoms with Crippen LogP contribution in [0, 0.1) is 5.82 Å². The molecule has 0 aliphatic heterocycles. The summed E-state index contributed by atoms with van der Waals surface area (Å²) in [4.78, 5) is 25.7. The molecule has 6 rings (SSSR count). The molecule has 0 atom stereocenters. The lowest BCUT2D eigenvalue weighted by Crippen LogP contribution is -2.21. The molecule has 0 unspecified atom stereocenters. The predicted molar refractivity (Wildman–Crippen MR) is 150 cm³/mol. The number of pyridine rings is 2. The number of alkyl halides is 3. The summed E-state index contributed by atoms with van der Waals surface area (Å²) < 4.78 is 49.4. The lowest BCUT2D eigenvalue weighted by molar-refractivity contribution is -0.192. The van der Waals surface area contributed by atoms with Crippen LogP contribution >= 0.6 is 0 Å². The largest absolute Gasteiger partial charge is 0.490 e. The Bertz CT molecular complexity index is 1840. The van der Waals surface area contributed by atoms with Gasteiger partial charge in [-0.25, -0.2) is 28.5 Å². The number of nitrogens with zero attached hydrogens (tertiary/aromatic N) is 8. The van der Waals surface area contributed by atoms with Crippen LogP contribution in [0.15, 0.2) is 104 Å². The van der Waals surface area contributed by atoms with Crippen molar-refractivity contribution in [3.8, 4) is 22.8 Å². The molecule has 0 radical (unpaired) electrons. The van der Waals surface area contributed by atoms with Crippen LogP contribution in [0.1, 0.15) is 0 Å². The van der Waals surface area contributed by atoms with E-state index in [4.69, 9.17) is 9.90 Å². The molecule has 0 aliphatic carbocycles. The number of hydrogen-bond acceptors (Lipinski definition) is 9. The molecule has 6 aromatic rings. The first-order chi connectivity index (χ1) is 21.2. The summed E-state index contributed by atoms with van der Waals surface area (Å²) in [5, 5.41) is 22.3. The molecule has 0 spiro atoms. The minimum absolute atomic E-state index is 0.216. The van der Waals surface area contributed by atoms with E-state index in [0.717, 1.165) is 28.8 Å². The monoisotopic (exact) mass is 604 g/mol. The second-order valence-corrected chi connectivity index (χ2v) is 8.75. The molecule has 0 bridgehead atoms. The summed E-state index contributed by atoms with van der Waals surface area (Å²) in [7, 11) is 0. The predicted octanol–water partition coefficient (Wildman–Crippen LogP) is 5.56. The Morgan fingerprint density at radius 1 is 0.795 bits per heavy atom. The summed E-state index contributed by atoms with van der Waals surface area (Å²) >= 11 is 0. The zero-order chi connectivity index (χ0) is 31.1. The van der Waals surface area contributed by atoms with Crippen molar-refractivity contribution >= 4 is 29.1 Å². The van der Waals surface area contributed by atoms with E-state index >= 15 is 0 Å². The fourth-order valence-electron chi connectivity index (χ4n) is 3.62. The van der Waals surface area contributed by atoms with Crippen LogP contribution in [0.5, 0.6) is 0 Å². The van der Waals surface area contributed by atoms with Gasteiger partial charge in [0.05, 0.1) is 11.9 Å². The number of carboxylic acids is 1. The molecular weight excluding hydrogens is 584 g/mol. The summed E-state index contributed by atoms with van der Waals surface area (Å²) in [6.45, 7) is 0. The van der Waals surface area contributed by atoms with E-state index in [1.807, 2.05) is 66.7 Å². The molecule has 0 saturated carbocycles. The Kier molecular flexibility index (Phi) is 8.50. The number of hydrogen-bond donors (Lipinski definition) is 3. The van der Waals surface area contributed by atoms with Gasteiger partial charge in [0.15, 0.2) is 11.6 Å². The van der Waals surface area contributed by atoms with Gasteiger partial charge in [-0.2, -0.15) is 18.2 Å². The van der Waals surface area contributed by atoms with Gasteiger partial charge >= 0.3 is 12.1 Å². The number of benzene rings is 2. The van der Waals surface area contributed by atoms with Crippen molar-refractivity contribution in [3.05, 3.63) is 110 Å². The maximum absolute atomic E-state index is 14.6. The summed E-state index contributed by atoms with van der Waals surface area (Å²) in [6.07, 6.45) is 2.58. The van der Waals surface area contributed by atoms with Gasteiger partial charge < -0.3 is 15.7 Å². The SMILES string of the molecule is Fc1cnc(Nc2ccc(-n3cnc(-c4cccnc4)n3)cc2)cc1-n1cnc(Nc2ccccc2)n1.O=C(O)C(F)(F)F. The molecule has 0 amide bonds. The molecule has 0 aliphatic rings. The Morgan fingerprint density at radius 2 is 1.50 bits per heavy atom. The van der Waals surface area contributed by atoms with Crippen LogP contribution in [-0.4, -0.2) is 56.7 Å². The van der Waals surface area contributed by atoms with Gasteiger partial charge in [0.2, 0.25) is 5.95 Å². The number of carboxylic acid groups (broad SMARTS) is 1. The zero-order valence-electron chi connectivity index (χ0n) is 22.3. The van der Waals surface area contributed by atoms with Crippen LogP contribution in [0.4, 0.5) is 40.7 Å². The lowest BCUT2D eigenvalue weighted by atomic mass is 10.2. The lowest BCUT2D eigenvalue weighted by Gasteiger charge is -2.09. The van der Waals surface area contributed by atoms with Crippen molar-refractivity contribution < 1.29 is 27.5 Å². The van der Waals surface area contributed by atoms with Gasteiger partial charge in [-0.15, -0.1) is 10.2 Å². The summed E-state index contributed by atoms with van der Waals surface area (Å²) in [6, 6.07) is 22.4. The third-order valence-electron chi connectivity index (χ3n) is 5.66. The number of aromatic nitrogens is 8. The number of nitrogens with one attached hydrogen (secondary N) is 2. The van der Waals surface area contributed by atoms with E-state index in [-0.39, 0.29) is 5.69 Å². The number of rotatable bonds is 7. The summed E-state index contributed by atoms with van der Waals surface area (Å²) in [5.74, 6) is -1.88. The minimum Gasteiger partial charge on any atom is -0.475 e. The Morgan fingerprint density at radius 3 is 2.18 bits per heavy atom. The van der Waals surface area contributed by atoms with Crippen molar-refractivity contribution in [2.24, 2.45) is 0 Å². The number of halogens is 4. The van der Waals surface area contributed by atoms with Gasteiger partial charge in [0.1, 0.15) is 24.2 Å². The van der Waals surface area contributed by atoms with Crippen LogP contribution < -0.4 is 10.6 Å². The summed E-state index contributed by atoms with van der Waals surface area (Å²) in [5.41, 5.74) is 3.50. The number of aliphatic carboxylic acids is 1. The molecule has 16 heteroatoms. The van der Waals surface area contributed by atoms with Gasteiger partial charge in [0.25, 0.3) is 0 Å². The van der Waals surface area contributed by atoms with Crippen LogP contribution in [0.25, 0.3) is 22.8 Å². The van der Waals surface area contributed by atoms with Gasteiger partial charge in [-0.05, 0) is 48.5 Å². The molecule has 222 valence electrons. The first kappa shape index (κ1) is 29.3. The van der Waals surface area contributed by atoms with E-state index in [1.165, 1.54) is 11.0 Å². The first-order valence-electron chi connectivity index (χ1n) is 12.5. The van der Waals surface area contributed by atoms with Crippen molar-refractivity contribution in [1.29, 1.82) is 0 Å². The highest BCUT2D eigenvalue weighted by molar-refractivity contribution is 5.73. The maximum atomic E-state index is 14.6. The standard InChI is InChI=1S/C26H19FN10.C2HF3O2/c27-22-15-29-24(13-23(22)37-17-31-26(35-37)33-19-6-2-1-3-7-19)32-20-8-10-21(11-9-20)36-16-30-25(34-36)18-5-4-12-28-14-18;3-2(4,5)1(6)7/h1-17H,(H,29,32)(H,33,35);(H,6,7). The van der Waals surface area contributed by atoms with Crippen molar-refractivity contribution in [3.63, 3.8) is 0 Å². The second-order valence-electron chi connectivity index (χ2n) is 8.75. The van der Waals surface area contributed by atoms with Crippen LogP contribution in [-0.2, 0) is 4.79 Å². The van der Waals surface area contributed by atoms with Gasteiger partial charge in [0, 0.05) is 35.4 Å². The fourth-order valence-corrected chi connectivity index (χ4v) is 3.62. The highest BCUT2D eigenvalue weighted by Crippen LogP contribution is 2.22. The Hall–Kier alpha value is -6.19. The number of carbonyl (C=O) groups is 1. The van der Waals surface area contributed by atoms with E-state index in [9.17, 15) is 17.6 Å². The molecule has 2 aromatic carbocycles. The average molecular weight is 605 g/mol. The van der Waals surface area contributed by atoms with Crippen LogP contribution in [0.3, 0.4) is 0 Å². The molecule has 0 saturated heterocycles. The minimum atomic E-state index is -5.08. The van der Waals surface area contributed by atoms with E-state index in [0.29, 0.717) is 17.6 Å². The van der Waals surface area contributed by atoms with Crippen LogP contribution in [0.2, 0.25) is 0 Å². The average Bonchev–Trinajstić information content (AvgIpc) is 3.70. The third-order valence-corrected chi connectivity index (χ3v) is 5.66. The zero-order valence-corrected chi connectivity index (χ0v) is 22.3. The molecule has 4 aromatic heterocycles. The molecule has 44 heavy (non-hydrogen) atoms. The Labute approximate surface area is 245 Å². The van der Waals surface area contributed by atoms with Crippen molar-refractivity contribution in [1.82, 2.24) is 39.5 Å². The Balaban J connectivity index is 0.000000493.